The minimum atomic E-state index is 0.802. The summed E-state index contributed by atoms with van der Waals surface area (Å²) in [7, 11) is 0. The van der Waals surface area contributed by atoms with Gasteiger partial charge in [0.25, 0.3) is 0 Å². The number of hydrogen-bond acceptors (Lipinski definition) is 5. The van der Waals surface area contributed by atoms with E-state index in [9.17, 15) is 0 Å². The Morgan fingerprint density at radius 3 is 2.74 bits per heavy atom. The summed E-state index contributed by atoms with van der Waals surface area (Å²) in [6.45, 7) is 5.07. The van der Waals surface area contributed by atoms with Gasteiger partial charge in [0.05, 0.1) is 0 Å². The van der Waals surface area contributed by atoms with Gasteiger partial charge in [0.2, 0.25) is 0 Å². The number of aryl methyl sites for hydroxylation is 1. The van der Waals surface area contributed by atoms with Crippen LogP contribution in [0.1, 0.15) is 24.5 Å². The van der Waals surface area contributed by atoms with Crippen molar-refractivity contribution < 1.29 is 0 Å². The minimum Gasteiger partial charge on any atom is -0.370 e. The Morgan fingerprint density at radius 2 is 2.00 bits per heavy atom. The van der Waals surface area contributed by atoms with Gasteiger partial charge >= 0.3 is 0 Å². The van der Waals surface area contributed by atoms with Crippen LogP contribution in [0.25, 0.3) is 0 Å². The number of pyridine rings is 1. The van der Waals surface area contributed by atoms with E-state index in [-0.39, 0.29) is 0 Å². The largest absolute Gasteiger partial charge is 0.370 e. The second kappa shape index (κ2) is 7.09. The summed E-state index contributed by atoms with van der Waals surface area (Å²) in [5, 5.41) is 4.14. The van der Waals surface area contributed by atoms with Crippen LogP contribution in [0.5, 0.6) is 0 Å². The molecule has 4 nitrogen and oxygen atoms in total. The molecule has 0 aromatic carbocycles. The Kier molecular flexibility index (Phi) is 5.15. The molecular formula is C14H18N4S. The molecular weight excluding hydrogens is 256 g/mol. The lowest BCUT2D eigenvalue weighted by Crippen LogP contribution is -2.04. The summed E-state index contributed by atoms with van der Waals surface area (Å²) >= 11 is 1.63. The van der Waals surface area contributed by atoms with Crippen LogP contribution >= 0.6 is 11.8 Å². The Bertz CT molecular complexity index is 513. The fourth-order valence-electron chi connectivity index (χ4n) is 1.56. The van der Waals surface area contributed by atoms with E-state index in [2.05, 4.69) is 33.3 Å². The summed E-state index contributed by atoms with van der Waals surface area (Å²) in [4.78, 5) is 13.0. The first-order chi connectivity index (χ1) is 9.29. The SMILES string of the molecule is CCCNc1ncccc1CSc1ncc(C)cn1. The van der Waals surface area contributed by atoms with Gasteiger partial charge in [0.1, 0.15) is 5.82 Å². The van der Waals surface area contributed by atoms with Crippen LogP contribution in [0, 0.1) is 6.92 Å². The second-order valence-corrected chi connectivity index (χ2v) is 5.21. The molecule has 0 amide bonds. The molecule has 100 valence electrons. The molecule has 0 fully saturated rings. The standard InChI is InChI=1S/C14H18N4S/c1-3-6-15-13-12(5-4-7-16-13)10-19-14-17-8-11(2)9-18-14/h4-5,7-9H,3,6,10H2,1-2H3,(H,15,16). The van der Waals surface area contributed by atoms with Gasteiger partial charge in [0, 0.05) is 36.5 Å². The molecule has 5 heteroatoms. The minimum absolute atomic E-state index is 0.802. The zero-order chi connectivity index (χ0) is 13.5. The monoisotopic (exact) mass is 274 g/mol. The quantitative estimate of drug-likeness (QED) is 0.647. The molecule has 0 unspecified atom stereocenters. The Labute approximate surface area is 118 Å². The third kappa shape index (κ3) is 4.21. The van der Waals surface area contributed by atoms with Crippen molar-refractivity contribution >= 4 is 17.6 Å². The molecule has 19 heavy (non-hydrogen) atoms. The van der Waals surface area contributed by atoms with Gasteiger partial charge in [-0.25, -0.2) is 15.0 Å². The lowest BCUT2D eigenvalue weighted by molar-refractivity contribution is 0.947. The molecule has 2 rings (SSSR count). The Hall–Kier alpha value is -1.62. The van der Waals surface area contributed by atoms with Crippen molar-refractivity contribution in [3.63, 3.8) is 0 Å². The first-order valence-electron chi connectivity index (χ1n) is 6.39. The van der Waals surface area contributed by atoms with Gasteiger partial charge in [-0.2, -0.15) is 0 Å². The Balaban J connectivity index is 2.00. The number of aromatic nitrogens is 3. The number of thioether (sulfide) groups is 1. The van der Waals surface area contributed by atoms with E-state index in [1.165, 1.54) is 5.56 Å². The summed E-state index contributed by atoms with van der Waals surface area (Å²) in [5.74, 6) is 1.78. The number of hydrogen-bond donors (Lipinski definition) is 1. The highest BCUT2D eigenvalue weighted by molar-refractivity contribution is 7.98. The fraction of sp³-hybridized carbons (Fsp3) is 0.357. The molecule has 2 aromatic rings. The average molecular weight is 274 g/mol. The number of nitrogens with zero attached hydrogens (tertiary/aromatic N) is 3. The number of anilines is 1. The molecule has 0 radical (unpaired) electrons. The van der Waals surface area contributed by atoms with Crippen molar-refractivity contribution in [1.29, 1.82) is 0 Å². The topological polar surface area (TPSA) is 50.7 Å². The van der Waals surface area contributed by atoms with E-state index >= 15 is 0 Å². The van der Waals surface area contributed by atoms with E-state index in [1.807, 2.05) is 31.6 Å². The van der Waals surface area contributed by atoms with Gasteiger partial charge in [-0.15, -0.1) is 0 Å². The van der Waals surface area contributed by atoms with Crippen LogP contribution in [0.2, 0.25) is 0 Å². The van der Waals surface area contributed by atoms with Gasteiger partial charge < -0.3 is 5.32 Å². The lowest BCUT2D eigenvalue weighted by Gasteiger charge is -2.09. The summed E-state index contributed by atoms with van der Waals surface area (Å²) < 4.78 is 0. The predicted molar refractivity (Wildman–Crippen MR) is 79.3 cm³/mol. The van der Waals surface area contributed by atoms with Crippen molar-refractivity contribution in [2.75, 3.05) is 11.9 Å². The van der Waals surface area contributed by atoms with E-state index < -0.39 is 0 Å². The number of rotatable bonds is 6. The molecule has 0 saturated carbocycles. The van der Waals surface area contributed by atoms with Crippen LogP contribution in [-0.4, -0.2) is 21.5 Å². The average Bonchev–Trinajstić information content (AvgIpc) is 2.45. The van der Waals surface area contributed by atoms with Crippen molar-refractivity contribution in [3.05, 3.63) is 41.9 Å². The molecule has 0 spiro atoms. The zero-order valence-corrected chi connectivity index (χ0v) is 12.1. The van der Waals surface area contributed by atoms with Crippen LogP contribution in [-0.2, 0) is 5.75 Å². The predicted octanol–water partition coefficient (Wildman–Crippen LogP) is 3.29. The summed E-state index contributed by atoms with van der Waals surface area (Å²) in [5.41, 5.74) is 2.26. The van der Waals surface area contributed by atoms with Crippen LogP contribution in [0.4, 0.5) is 5.82 Å². The highest BCUT2D eigenvalue weighted by Gasteiger charge is 2.04. The Morgan fingerprint density at radius 1 is 1.21 bits per heavy atom. The molecule has 2 heterocycles. The van der Waals surface area contributed by atoms with Gasteiger partial charge in [-0.05, 0) is 25.0 Å². The zero-order valence-electron chi connectivity index (χ0n) is 11.3. The fourth-order valence-corrected chi connectivity index (χ4v) is 2.33. The maximum atomic E-state index is 4.38. The molecule has 0 aliphatic rings. The van der Waals surface area contributed by atoms with E-state index in [0.717, 1.165) is 35.3 Å². The van der Waals surface area contributed by atoms with Crippen LogP contribution in [0.15, 0.2) is 35.9 Å². The first-order valence-corrected chi connectivity index (χ1v) is 7.37. The normalized spacial score (nSPS) is 10.4. The van der Waals surface area contributed by atoms with Crippen LogP contribution < -0.4 is 5.32 Å². The van der Waals surface area contributed by atoms with Gasteiger partial charge in [0.15, 0.2) is 5.16 Å². The third-order valence-electron chi connectivity index (χ3n) is 2.55. The maximum Gasteiger partial charge on any atom is 0.187 e. The van der Waals surface area contributed by atoms with Crippen molar-refractivity contribution in [2.45, 2.75) is 31.2 Å². The van der Waals surface area contributed by atoms with E-state index in [0.29, 0.717) is 0 Å². The van der Waals surface area contributed by atoms with E-state index in [1.54, 1.807) is 11.8 Å². The van der Waals surface area contributed by atoms with Crippen molar-refractivity contribution in [2.24, 2.45) is 0 Å². The number of nitrogens with one attached hydrogen (secondary N) is 1. The molecule has 1 N–H and O–H groups in total. The molecule has 2 aromatic heterocycles. The van der Waals surface area contributed by atoms with Crippen molar-refractivity contribution in [3.8, 4) is 0 Å². The highest BCUT2D eigenvalue weighted by atomic mass is 32.2. The van der Waals surface area contributed by atoms with E-state index in [4.69, 9.17) is 0 Å². The maximum absolute atomic E-state index is 4.38. The first kappa shape index (κ1) is 13.8. The molecule has 0 atom stereocenters. The molecule has 0 aliphatic carbocycles. The second-order valence-electron chi connectivity index (χ2n) is 4.27. The van der Waals surface area contributed by atoms with Crippen LogP contribution in [0.3, 0.4) is 0 Å². The summed E-state index contributed by atoms with van der Waals surface area (Å²) in [6, 6.07) is 4.05. The van der Waals surface area contributed by atoms with Gasteiger partial charge in [-0.3, -0.25) is 0 Å². The third-order valence-corrected chi connectivity index (χ3v) is 3.47. The molecule has 0 saturated heterocycles. The molecule has 0 bridgehead atoms. The van der Waals surface area contributed by atoms with Crippen molar-refractivity contribution in [1.82, 2.24) is 15.0 Å². The lowest BCUT2D eigenvalue weighted by atomic mass is 10.3. The van der Waals surface area contributed by atoms with Gasteiger partial charge in [-0.1, -0.05) is 24.8 Å². The highest BCUT2D eigenvalue weighted by Crippen LogP contribution is 2.22. The molecule has 0 aliphatic heterocycles. The summed E-state index contributed by atoms with van der Waals surface area (Å²) in [6.07, 6.45) is 6.59. The smallest absolute Gasteiger partial charge is 0.187 e.